The van der Waals surface area contributed by atoms with Crippen LogP contribution in [0.5, 0.6) is 0 Å². The van der Waals surface area contributed by atoms with E-state index in [2.05, 4.69) is 45.4 Å². The molecule has 3 heterocycles. The number of nitrogens with one attached hydrogen (secondary N) is 2. The summed E-state index contributed by atoms with van der Waals surface area (Å²) in [4.78, 5) is 31.8. The minimum Gasteiger partial charge on any atom is -0.354 e. The van der Waals surface area contributed by atoms with Crippen LogP contribution in [-0.4, -0.2) is 44.4 Å². The molecule has 0 saturated carbocycles. The molecule has 0 unspecified atom stereocenters. The Morgan fingerprint density at radius 2 is 1.93 bits per heavy atom. The van der Waals surface area contributed by atoms with E-state index in [0.717, 1.165) is 47.7 Å². The Morgan fingerprint density at radius 1 is 1.12 bits per heavy atom. The summed E-state index contributed by atoms with van der Waals surface area (Å²) >= 11 is 0. The fourth-order valence-corrected chi connectivity index (χ4v) is 5.58. The van der Waals surface area contributed by atoms with Crippen molar-refractivity contribution in [3.05, 3.63) is 107 Å². The van der Waals surface area contributed by atoms with Crippen LogP contribution in [0.25, 0.3) is 16.5 Å². The first-order chi connectivity index (χ1) is 19.4. The number of piperidine rings is 1. The zero-order valence-electron chi connectivity index (χ0n) is 23.1. The standard InChI is InChI=1S/C33H35N5O2/c1-22-12-14-37(15-13-22)20-24-8-10-30-26(16-24)17-31(36-30)29-18-28(9-11-32(29)39)35-33(40)27-19-34-38(21-27)23(2)25-6-4-3-5-7-25/h3-10,16-19,21-23,36H,11-15,20H2,1-2H3,(H,35,40)/t23-/m0/s1. The zero-order valence-corrected chi connectivity index (χ0v) is 23.1. The Bertz CT molecular complexity index is 1600. The highest BCUT2D eigenvalue weighted by Gasteiger charge is 2.21. The molecule has 0 radical (unpaired) electrons. The summed E-state index contributed by atoms with van der Waals surface area (Å²) in [6, 6.07) is 18.6. The molecule has 204 valence electrons. The minimum absolute atomic E-state index is 0.00634. The molecule has 1 aliphatic carbocycles. The van der Waals surface area contributed by atoms with Crippen LogP contribution in [0.3, 0.4) is 0 Å². The van der Waals surface area contributed by atoms with Gasteiger partial charge < -0.3 is 10.3 Å². The number of carbonyl (C=O) groups is 2. The lowest BCUT2D eigenvalue weighted by molar-refractivity contribution is -0.113. The predicted molar refractivity (Wildman–Crippen MR) is 158 cm³/mol. The average molecular weight is 534 g/mol. The quantitative estimate of drug-likeness (QED) is 0.311. The van der Waals surface area contributed by atoms with Gasteiger partial charge in [-0.25, -0.2) is 0 Å². The first kappa shape index (κ1) is 26.0. The Hall–Kier alpha value is -4.23. The number of fused-ring (bicyclic) bond motifs is 1. The van der Waals surface area contributed by atoms with E-state index in [1.54, 1.807) is 29.2 Å². The number of nitrogens with zero attached hydrogens (tertiary/aromatic N) is 3. The number of allylic oxidation sites excluding steroid dienone is 3. The van der Waals surface area contributed by atoms with Crippen molar-refractivity contribution < 1.29 is 9.59 Å². The number of hydrogen-bond acceptors (Lipinski definition) is 4. The largest absolute Gasteiger partial charge is 0.354 e. The Kier molecular flexibility index (Phi) is 7.22. The molecule has 40 heavy (non-hydrogen) atoms. The SMILES string of the molecule is CC1CCN(Cc2ccc3[nH]c(C4=CC(NC(=O)c5cnn([C@@H](C)c6ccccc6)c5)=CCC4=O)cc3c2)CC1. The van der Waals surface area contributed by atoms with Crippen molar-refractivity contribution in [1.82, 2.24) is 25.0 Å². The number of Topliss-reactive ketones (excluding diaryl/α,β-unsaturated/α-hetero) is 1. The lowest BCUT2D eigenvalue weighted by Crippen LogP contribution is -2.32. The molecule has 0 spiro atoms. The Morgan fingerprint density at radius 3 is 2.73 bits per heavy atom. The van der Waals surface area contributed by atoms with Gasteiger partial charge in [0.05, 0.1) is 23.5 Å². The molecular weight excluding hydrogens is 498 g/mol. The second-order valence-corrected chi connectivity index (χ2v) is 11.2. The van der Waals surface area contributed by atoms with E-state index >= 15 is 0 Å². The summed E-state index contributed by atoms with van der Waals surface area (Å²) in [6.07, 6.45) is 9.62. The molecule has 4 aromatic rings. The van der Waals surface area contributed by atoms with Gasteiger partial charge in [0, 0.05) is 41.3 Å². The lowest BCUT2D eigenvalue weighted by Gasteiger charge is -2.30. The number of aromatic nitrogens is 3. The lowest BCUT2D eigenvalue weighted by atomic mass is 9.98. The van der Waals surface area contributed by atoms with Gasteiger partial charge in [-0.15, -0.1) is 0 Å². The van der Waals surface area contributed by atoms with Gasteiger partial charge in [-0.05, 0) is 74.2 Å². The van der Waals surface area contributed by atoms with Crippen molar-refractivity contribution in [1.29, 1.82) is 0 Å². The van der Waals surface area contributed by atoms with Gasteiger partial charge in [0.2, 0.25) is 0 Å². The van der Waals surface area contributed by atoms with Gasteiger partial charge in [-0.3, -0.25) is 19.2 Å². The van der Waals surface area contributed by atoms with Crippen LogP contribution in [0.15, 0.2) is 84.8 Å². The summed E-state index contributed by atoms with van der Waals surface area (Å²) in [7, 11) is 0. The maximum atomic E-state index is 13.0. The number of hydrogen-bond donors (Lipinski definition) is 2. The van der Waals surface area contributed by atoms with Crippen molar-refractivity contribution in [3.63, 3.8) is 0 Å². The van der Waals surface area contributed by atoms with Gasteiger partial charge in [-0.1, -0.05) is 49.4 Å². The van der Waals surface area contributed by atoms with Gasteiger partial charge >= 0.3 is 0 Å². The molecule has 1 fully saturated rings. The van der Waals surface area contributed by atoms with Crippen LogP contribution < -0.4 is 5.32 Å². The molecule has 2 N–H and O–H groups in total. The van der Waals surface area contributed by atoms with Crippen molar-refractivity contribution in [3.8, 4) is 0 Å². The van der Waals surface area contributed by atoms with Crippen molar-refractivity contribution in [2.45, 2.75) is 45.7 Å². The maximum Gasteiger partial charge on any atom is 0.258 e. The van der Waals surface area contributed by atoms with Crippen LogP contribution >= 0.6 is 0 Å². The smallest absolute Gasteiger partial charge is 0.258 e. The van der Waals surface area contributed by atoms with Crippen LogP contribution in [0, 0.1) is 5.92 Å². The maximum absolute atomic E-state index is 13.0. The number of benzene rings is 2. The molecule has 2 aliphatic rings. The first-order valence-corrected chi connectivity index (χ1v) is 14.1. The van der Waals surface area contributed by atoms with E-state index in [0.29, 0.717) is 16.8 Å². The normalized spacial score (nSPS) is 17.5. The molecule has 0 bridgehead atoms. The van der Waals surface area contributed by atoms with Gasteiger partial charge in [-0.2, -0.15) is 5.10 Å². The van der Waals surface area contributed by atoms with Gasteiger partial charge in [0.15, 0.2) is 5.78 Å². The Labute approximate surface area is 234 Å². The van der Waals surface area contributed by atoms with E-state index in [9.17, 15) is 9.59 Å². The van der Waals surface area contributed by atoms with Crippen molar-refractivity contribution >= 4 is 28.2 Å². The minimum atomic E-state index is -0.254. The number of likely N-dealkylation sites (tertiary alicyclic amines) is 1. The van der Waals surface area contributed by atoms with E-state index in [4.69, 9.17) is 0 Å². The third kappa shape index (κ3) is 5.56. The number of aromatic amines is 1. The molecule has 1 aliphatic heterocycles. The van der Waals surface area contributed by atoms with Crippen LogP contribution in [0.2, 0.25) is 0 Å². The van der Waals surface area contributed by atoms with Gasteiger partial charge in [0.25, 0.3) is 5.91 Å². The number of ketones is 1. The molecule has 6 rings (SSSR count). The Balaban J connectivity index is 1.15. The topological polar surface area (TPSA) is 83.0 Å². The summed E-state index contributed by atoms with van der Waals surface area (Å²) in [5.41, 5.74) is 5.83. The van der Waals surface area contributed by atoms with Crippen LogP contribution in [0.1, 0.15) is 66.3 Å². The fourth-order valence-electron chi connectivity index (χ4n) is 5.58. The van der Waals surface area contributed by atoms with Gasteiger partial charge in [0.1, 0.15) is 0 Å². The third-order valence-corrected chi connectivity index (χ3v) is 8.17. The third-order valence-electron chi connectivity index (χ3n) is 8.17. The molecule has 1 amide bonds. The van der Waals surface area contributed by atoms with E-state index in [-0.39, 0.29) is 24.2 Å². The summed E-state index contributed by atoms with van der Waals surface area (Å²) in [5, 5.41) is 8.46. The highest BCUT2D eigenvalue weighted by atomic mass is 16.1. The number of H-pyrrole nitrogens is 1. The molecule has 2 aromatic heterocycles. The molecule has 7 nitrogen and oxygen atoms in total. The molecule has 1 atom stereocenters. The first-order valence-electron chi connectivity index (χ1n) is 14.1. The molecular formula is C33H35N5O2. The second-order valence-electron chi connectivity index (χ2n) is 11.2. The zero-order chi connectivity index (χ0) is 27.6. The van der Waals surface area contributed by atoms with Crippen LogP contribution in [-0.2, 0) is 11.3 Å². The average Bonchev–Trinajstić information content (AvgIpc) is 3.63. The summed E-state index contributed by atoms with van der Waals surface area (Å²) in [6.45, 7) is 7.62. The number of carbonyl (C=O) groups excluding carboxylic acids is 2. The highest BCUT2D eigenvalue weighted by Crippen LogP contribution is 2.28. The summed E-state index contributed by atoms with van der Waals surface area (Å²) < 4.78 is 1.79. The number of rotatable bonds is 7. The van der Waals surface area contributed by atoms with E-state index < -0.39 is 0 Å². The fraction of sp³-hybridized carbons (Fsp3) is 0.303. The molecule has 2 aromatic carbocycles. The van der Waals surface area contributed by atoms with E-state index in [1.165, 1.54) is 18.4 Å². The predicted octanol–water partition coefficient (Wildman–Crippen LogP) is 5.88. The highest BCUT2D eigenvalue weighted by molar-refractivity contribution is 6.23. The molecule has 1 saturated heterocycles. The molecule has 7 heteroatoms. The van der Waals surface area contributed by atoms with Crippen LogP contribution in [0.4, 0.5) is 0 Å². The van der Waals surface area contributed by atoms with Crippen molar-refractivity contribution in [2.24, 2.45) is 5.92 Å². The summed E-state index contributed by atoms with van der Waals surface area (Å²) in [5.74, 6) is 0.588. The van der Waals surface area contributed by atoms with E-state index in [1.807, 2.05) is 43.3 Å². The second kappa shape index (κ2) is 11.1. The monoisotopic (exact) mass is 533 g/mol. The van der Waals surface area contributed by atoms with Crippen molar-refractivity contribution in [2.75, 3.05) is 13.1 Å². The number of amides is 1.